The fourth-order valence-corrected chi connectivity index (χ4v) is 1.76. The molecule has 1 fully saturated rings. The molecule has 3 heteroatoms. The van der Waals surface area contributed by atoms with Crippen LogP contribution in [0, 0.1) is 5.92 Å². The fraction of sp³-hybridized carbons (Fsp3) is 0.818. The summed E-state index contributed by atoms with van der Waals surface area (Å²) in [5.74, 6) is 0.629. The maximum absolute atomic E-state index is 10.8. The maximum Gasteiger partial charge on any atom is 0.306 e. The van der Waals surface area contributed by atoms with E-state index in [9.17, 15) is 9.59 Å². The Morgan fingerprint density at radius 2 is 2.36 bits per heavy atom. The van der Waals surface area contributed by atoms with Crippen LogP contribution in [0.15, 0.2) is 0 Å². The van der Waals surface area contributed by atoms with Crippen molar-refractivity contribution in [2.45, 2.75) is 52.1 Å². The van der Waals surface area contributed by atoms with Gasteiger partial charge in [0, 0.05) is 12.8 Å². The van der Waals surface area contributed by atoms with Crippen LogP contribution < -0.4 is 0 Å². The molecular formula is C11H18O3. The first-order valence-corrected chi connectivity index (χ1v) is 5.27. The summed E-state index contributed by atoms with van der Waals surface area (Å²) in [6.45, 7) is 3.72. The number of cyclic esters (lactones) is 1. The molecule has 0 amide bonds. The number of esters is 1. The molecule has 3 nitrogen and oxygen atoms in total. The van der Waals surface area contributed by atoms with Gasteiger partial charge in [-0.2, -0.15) is 0 Å². The lowest BCUT2D eigenvalue weighted by atomic mass is 9.96. The van der Waals surface area contributed by atoms with Crippen molar-refractivity contribution < 1.29 is 14.3 Å². The van der Waals surface area contributed by atoms with Gasteiger partial charge in [-0.1, -0.05) is 6.92 Å². The Labute approximate surface area is 84.8 Å². The van der Waals surface area contributed by atoms with Crippen LogP contribution in [0.5, 0.6) is 0 Å². The van der Waals surface area contributed by atoms with E-state index in [1.165, 1.54) is 0 Å². The van der Waals surface area contributed by atoms with E-state index in [-0.39, 0.29) is 17.9 Å². The van der Waals surface area contributed by atoms with Crippen molar-refractivity contribution in [2.75, 3.05) is 0 Å². The van der Waals surface area contributed by atoms with Gasteiger partial charge in [0.15, 0.2) is 0 Å². The van der Waals surface area contributed by atoms with Gasteiger partial charge in [0.2, 0.25) is 0 Å². The lowest BCUT2D eigenvalue weighted by Gasteiger charge is -2.14. The van der Waals surface area contributed by atoms with E-state index in [1.807, 2.05) is 0 Å². The highest BCUT2D eigenvalue weighted by atomic mass is 16.5. The standard InChI is InChI=1S/C11H18O3/c1-8(3-4-9(2)12)7-10-5-6-11(13)14-10/h8,10H,3-7H2,1-2H3. The highest BCUT2D eigenvalue weighted by molar-refractivity contribution is 5.75. The average Bonchev–Trinajstić information content (AvgIpc) is 2.48. The molecule has 0 saturated carbocycles. The Bertz CT molecular complexity index is 223. The van der Waals surface area contributed by atoms with Gasteiger partial charge in [-0.05, 0) is 32.1 Å². The van der Waals surface area contributed by atoms with E-state index in [4.69, 9.17) is 4.74 Å². The van der Waals surface area contributed by atoms with Crippen LogP contribution in [0.2, 0.25) is 0 Å². The number of ether oxygens (including phenoxy) is 1. The molecule has 80 valence electrons. The highest BCUT2D eigenvalue weighted by Gasteiger charge is 2.24. The molecular weight excluding hydrogens is 180 g/mol. The number of hydrogen-bond donors (Lipinski definition) is 0. The molecule has 0 aromatic rings. The predicted octanol–water partition coefficient (Wildman–Crippen LogP) is 2.09. The summed E-state index contributed by atoms with van der Waals surface area (Å²) in [5.41, 5.74) is 0. The zero-order chi connectivity index (χ0) is 10.6. The predicted molar refractivity (Wildman–Crippen MR) is 52.8 cm³/mol. The molecule has 0 aromatic carbocycles. The van der Waals surface area contributed by atoms with Crippen LogP contribution in [0.1, 0.15) is 46.0 Å². The summed E-state index contributed by atoms with van der Waals surface area (Å²) in [6.07, 6.45) is 3.96. The van der Waals surface area contributed by atoms with Crippen LogP contribution in [-0.2, 0) is 14.3 Å². The van der Waals surface area contributed by atoms with Gasteiger partial charge in [-0.3, -0.25) is 4.79 Å². The summed E-state index contributed by atoms with van der Waals surface area (Å²) in [4.78, 5) is 21.6. The Morgan fingerprint density at radius 3 is 2.86 bits per heavy atom. The summed E-state index contributed by atoms with van der Waals surface area (Å²) in [5, 5.41) is 0. The van der Waals surface area contributed by atoms with Gasteiger partial charge in [0.1, 0.15) is 11.9 Å². The molecule has 0 radical (unpaired) electrons. The zero-order valence-electron chi connectivity index (χ0n) is 8.91. The third-order valence-electron chi connectivity index (χ3n) is 2.62. The third-order valence-corrected chi connectivity index (χ3v) is 2.62. The van der Waals surface area contributed by atoms with Crippen LogP contribution in [0.25, 0.3) is 0 Å². The van der Waals surface area contributed by atoms with E-state index in [0.29, 0.717) is 18.8 Å². The zero-order valence-corrected chi connectivity index (χ0v) is 8.91. The van der Waals surface area contributed by atoms with Gasteiger partial charge < -0.3 is 9.53 Å². The third kappa shape index (κ3) is 3.90. The smallest absolute Gasteiger partial charge is 0.306 e. The lowest BCUT2D eigenvalue weighted by Crippen LogP contribution is -2.12. The molecule has 0 N–H and O–H groups in total. The lowest BCUT2D eigenvalue weighted by molar-refractivity contribution is -0.142. The molecule has 2 unspecified atom stereocenters. The van der Waals surface area contributed by atoms with Crippen molar-refractivity contribution in [3.05, 3.63) is 0 Å². The van der Waals surface area contributed by atoms with Gasteiger partial charge in [0.05, 0.1) is 0 Å². The molecule has 1 saturated heterocycles. The number of carbonyl (C=O) groups is 2. The first kappa shape index (κ1) is 11.2. The highest BCUT2D eigenvalue weighted by Crippen LogP contribution is 2.23. The minimum absolute atomic E-state index is 0.0752. The molecule has 1 heterocycles. The number of Topliss-reactive ketones (excluding diaryl/α,β-unsaturated/α-hetero) is 1. The monoisotopic (exact) mass is 198 g/mol. The van der Waals surface area contributed by atoms with Gasteiger partial charge in [0.25, 0.3) is 0 Å². The van der Waals surface area contributed by atoms with Gasteiger partial charge in [-0.25, -0.2) is 0 Å². The van der Waals surface area contributed by atoms with E-state index in [2.05, 4.69) is 6.92 Å². The normalized spacial score (nSPS) is 23.3. The molecule has 1 aliphatic heterocycles. The van der Waals surface area contributed by atoms with E-state index >= 15 is 0 Å². The summed E-state index contributed by atoms with van der Waals surface area (Å²) >= 11 is 0. The SMILES string of the molecule is CC(=O)CCC(C)CC1CCC(=O)O1. The average molecular weight is 198 g/mol. The number of hydrogen-bond acceptors (Lipinski definition) is 3. The molecule has 0 aliphatic carbocycles. The van der Waals surface area contributed by atoms with Crippen LogP contribution in [0.4, 0.5) is 0 Å². The van der Waals surface area contributed by atoms with Crippen molar-refractivity contribution in [1.29, 1.82) is 0 Å². The molecule has 0 aromatic heterocycles. The first-order chi connectivity index (χ1) is 6.58. The van der Waals surface area contributed by atoms with Gasteiger partial charge in [-0.15, -0.1) is 0 Å². The van der Waals surface area contributed by atoms with Crippen molar-refractivity contribution in [3.63, 3.8) is 0 Å². The van der Waals surface area contributed by atoms with E-state index in [0.717, 1.165) is 19.3 Å². The second-order valence-corrected chi connectivity index (χ2v) is 4.23. The maximum atomic E-state index is 10.8. The second kappa shape index (κ2) is 5.13. The van der Waals surface area contributed by atoms with Crippen LogP contribution in [0.3, 0.4) is 0 Å². The largest absolute Gasteiger partial charge is 0.462 e. The molecule has 0 spiro atoms. The minimum Gasteiger partial charge on any atom is -0.462 e. The van der Waals surface area contributed by atoms with Crippen molar-refractivity contribution >= 4 is 11.8 Å². The Kier molecular flexibility index (Phi) is 4.11. The van der Waals surface area contributed by atoms with Gasteiger partial charge >= 0.3 is 5.97 Å². The minimum atomic E-state index is -0.0752. The summed E-state index contributed by atoms with van der Waals surface area (Å²) in [7, 11) is 0. The Balaban J connectivity index is 2.16. The van der Waals surface area contributed by atoms with Crippen molar-refractivity contribution in [2.24, 2.45) is 5.92 Å². The molecule has 1 rings (SSSR count). The van der Waals surface area contributed by atoms with E-state index < -0.39 is 0 Å². The molecule has 2 atom stereocenters. The Hall–Kier alpha value is -0.860. The second-order valence-electron chi connectivity index (χ2n) is 4.23. The first-order valence-electron chi connectivity index (χ1n) is 5.27. The topological polar surface area (TPSA) is 43.4 Å². The number of ketones is 1. The van der Waals surface area contributed by atoms with Crippen molar-refractivity contribution in [3.8, 4) is 0 Å². The summed E-state index contributed by atoms with van der Waals surface area (Å²) in [6, 6.07) is 0. The molecule has 14 heavy (non-hydrogen) atoms. The fourth-order valence-electron chi connectivity index (χ4n) is 1.76. The summed E-state index contributed by atoms with van der Waals surface area (Å²) < 4.78 is 5.11. The van der Waals surface area contributed by atoms with E-state index in [1.54, 1.807) is 6.92 Å². The van der Waals surface area contributed by atoms with Crippen LogP contribution in [-0.4, -0.2) is 17.9 Å². The van der Waals surface area contributed by atoms with Crippen molar-refractivity contribution in [1.82, 2.24) is 0 Å². The number of carbonyl (C=O) groups excluding carboxylic acids is 2. The molecule has 0 bridgehead atoms. The van der Waals surface area contributed by atoms with Crippen LogP contribution >= 0.6 is 0 Å². The number of rotatable bonds is 5. The Morgan fingerprint density at radius 1 is 1.64 bits per heavy atom. The quantitative estimate of drug-likeness (QED) is 0.635. The molecule has 1 aliphatic rings.